The van der Waals surface area contributed by atoms with Crippen molar-refractivity contribution in [3.8, 4) is 0 Å². The molecule has 100 valence electrons. The van der Waals surface area contributed by atoms with Crippen molar-refractivity contribution in [2.45, 2.75) is 39.7 Å². The van der Waals surface area contributed by atoms with Crippen LogP contribution in [0.1, 0.15) is 32.3 Å². The molecule has 4 heteroatoms. The number of halogens is 1. The monoisotopic (exact) mass is 312 g/mol. The van der Waals surface area contributed by atoms with Crippen LogP contribution in [0.3, 0.4) is 0 Å². The third kappa shape index (κ3) is 5.08. The van der Waals surface area contributed by atoms with E-state index in [1.54, 1.807) is 0 Å². The first kappa shape index (κ1) is 15.0. The maximum Gasteiger partial charge on any atom is 0.239 e. The average molecular weight is 313 g/mol. The number of benzene rings is 1. The molecule has 1 rings (SSSR count). The molecule has 3 nitrogen and oxygen atoms in total. The highest BCUT2D eigenvalue weighted by Crippen LogP contribution is 2.22. The molecule has 0 saturated carbocycles. The molecule has 0 aliphatic carbocycles. The lowest BCUT2D eigenvalue weighted by Crippen LogP contribution is -2.36. The van der Waals surface area contributed by atoms with Gasteiger partial charge in [0.2, 0.25) is 5.91 Å². The second-order valence-electron chi connectivity index (χ2n) is 4.59. The van der Waals surface area contributed by atoms with Crippen LogP contribution in [0.25, 0.3) is 0 Å². The summed E-state index contributed by atoms with van der Waals surface area (Å²) in [5.41, 5.74) is 2.12. The molecule has 0 aliphatic rings. The summed E-state index contributed by atoms with van der Waals surface area (Å²) < 4.78 is 0.975. The van der Waals surface area contributed by atoms with Crippen LogP contribution < -0.4 is 10.6 Å². The van der Waals surface area contributed by atoms with Crippen molar-refractivity contribution < 1.29 is 4.79 Å². The van der Waals surface area contributed by atoms with E-state index in [-0.39, 0.29) is 11.9 Å². The Labute approximate surface area is 117 Å². The van der Waals surface area contributed by atoms with Crippen LogP contribution in [0, 0.1) is 6.92 Å². The summed E-state index contributed by atoms with van der Waals surface area (Å²) in [7, 11) is 0. The van der Waals surface area contributed by atoms with Crippen LogP contribution in [0.15, 0.2) is 22.7 Å². The van der Waals surface area contributed by atoms with E-state index in [0.29, 0.717) is 6.54 Å². The fourth-order valence-electron chi connectivity index (χ4n) is 1.78. The van der Waals surface area contributed by atoms with Gasteiger partial charge in [0.15, 0.2) is 0 Å². The number of aryl methyl sites for hydroxylation is 1. The molecule has 2 N–H and O–H groups in total. The highest BCUT2D eigenvalue weighted by atomic mass is 79.9. The number of carbonyl (C=O) groups excluding carboxylic acids is 1. The third-order valence-corrected chi connectivity index (χ3v) is 3.38. The van der Waals surface area contributed by atoms with Crippen molar-refractivity contribution in [1.29, 1.82) is 0 Å². The number of rotatable bonds is 6. The number of anilines is 1. The van der Waals surface area contributed by atoms with Crippen molar-refractivity contribution >= 4 is 27.5 Å². The number of hydrogen-bond acceptors (Lipinski definition) is 2. The molecule has 0 fully saturated rings. The minimum atomic E-state index is 0.0318. The maximum absolute atomic E-state index is 11.7. The predicted octanol–water partition coefficient (Wildman–Crippen LogP) is 3.47. The van der Waals surface area contributed by atoms with Gasteiger partial charge in [-0.15, -0.1) is 0 Å². The maximum atomic E-state index is 11.7. The zero-order valence-electron chi connectivity index (χ0n) is 11.2. The van der Waals surface area contributed by atoms with Gasteiger partial charge < -0.3 is 10.6 Å². The molecule has 1 aromatic carbocycles. The molecule has 0 heterocycles. The average Bonchev–Trinajstić information content (AvgIpc) is 2.30. The SMILES string of the molecule is CCCC(C)NC(=O)CNc1cc(C)ccc1Br. The van der Waals surface area contributed by atoms with Gasteiger partial charge in [-0.1, -0.05) is 19.4 Å². The molecule has 0 saturated heterocycles. The molecular weight excluding hydrogens is 292 g/mol. The Morgan fingerprint density at radius 1 is 1.44 bits per heavy atom. The summed E-state index contributed by atoms with van der Waals surface area (Å²) in [5, 5.41) is 6.11. The molecular formula is C14H21BrN2O. The Bertz CT molecular complexity index is 407. The Kier molecular flexibility index (Phi) is 6.19. The summed E-state index contributed by atoms with van der Waals surface area (Å²) in [4.78, 5) is 11.7. The van der Waals surface area contributed by atoms with E-state index in [2.05, 4.69) is 33.5 Å². The second-order valence-corrected chi connectivity index (χ2v) is 5.45. The molecule has 1 amide bonds. The summed E-state index contributed by atoms with van der Waals surface area (Å²) in [6, 6.07) is 6.27. The highest BCUT2D eigenvalue weighted by Gasteiger charge is 2.07. The third-order valence-electron chi connectivity index (χ3n) is 2.69. The van der Waals surface area contributed by atoms with E-state index in [9.17, 15) is 4.79 Å². The summed E-state index contributed by atoms with van der Waals surface area (Å²) in [6.07, 6.45) is 2.10. The lowest BCUT2D eigenvalue weighted by molar-refractivity contribution is -0.120. The Balaban J connectivity index is 2.45. The van der Waals surface area contributed by atoms with Gasteiger partial charge in [-0.25, -0.2) is 0 Å². The van der Waals surface area contributed by atoms with E-state index >= 15 is 0 Å². The van der Waals surface area contributed by atoms with Crippen molar-refractivity contribution in [2.75, 3.05) is 11.9 Å². The molecule has 0 aromatic heterocycles. The van der Waals surface area contributed by atoms with Gasteiger partial charge in [-0.2, -0.15) is 0 Å². The molecule has 1 aromatic rings. The quantitative estimate of drug-likeness (QED) is 0.844. The van der Waals surface area contributed by atoms with Crippen molar-refractivity contribution in [3.63, 3.8) is 0 Å². The molecule has 0 aliphatic heterocycles. The smallest absolute Gasteiger partial charge is 0.239 e. The molecule has 18 heavy (non-hydrogen) atoms. The van der Waals surface area contributed by atoms with Crippen LogP contribution in [0.4, 0.5) is 5.69 Å². The van der Waals surface area contributed by atoms with Crippen molar-refractivity contribution in [2.24, 2.45) is 0 Å². The lowest BCUT2D eigenvalue weighted by Gasteiger charge is -2.14. The van der Waals surface area contributed by atoms with Gasteiger partial charge in [-0.05, 0) is 53.9 Å². The molecule has 0 radical (unpaired) electrons. The van der Waals surface area contributed by atoms with Crippen LogP contribution in [0.5, 0.6) is 0 Å². The van der Waals surface area contributed by atoms with Gasteiger partial charge in [0.25, 0.3) is 0 Å². The fourth-order valence-corrected chi connectivity index (χ4v) is 2.17. The van der Waals surface area contributed by atoms with E-state index in [4.69, 9.17) is 0 Å². The minimum Gasteiger partial charge on any atom is -0.375 e. The van der Waals surface area contributed by atoms with Crippen LogP contribution in [-0.4, -0.2) is 18.5 Å². The topological polar surface area (TPSA) is 41.1 Å². The largest absolute Gasteiger partial charge is 0.375 e. The molecule has 1 unspecified atom stereocenters. The lowest BCUT2D eigenvalue weighted by atomic mass is 10.2. The van der Waals surface area contributed by atoms with Gasteiger partial charge in [0.1, 0.15) is 0 Å². The standard InChI is InChI=1S/C14H21BrN2O/c1-4-5-11(3)17-14(18)9-16-13-8-10(2)6-7-12(13)15/h6-8,11,16H,4-5,9H2,1-3H3,(H,17,18). The first-order chi connectivity index (χ1) is 8.52. The number of hydrogen-bond donors (Lipinski definition) is 2. The van der Waals surface area contributed by atoms with Gasteiger partial charge in [0.05, 0.1) is 6.54 Å². The first-order valence-corrected chi connectivity index (χ1v) is 7.11. The predicted molar refractivity (Wildman–Crippen MR) is 79.9 cm³/mol. The zero-order chi connectivity index (χ0) is 13.5. The Hall–Kier alpha value is -1.03. The van der Waals surface area contributed by atoms with Gasteiger partial charge in [-0.3, -0.25) is 4.79 Å². The van der Waals surface area contributed by atoms with E-state index in [0.717, 1.165) is 23.0 Å². The Morgan fingerprint density at radius 2 is 2.17 bits per heavy atom. The van der Waals surface area contributed by atoms with Crippen molar-refractivity contribution in [3.05, 3.63) is 28.2 Å². The van der Waals surface area contributed by atoms with Crippen molar-refractivity contribution in [1.82, 2.24) is 5.32 Å². The molecule has 1 atom stereocenters. The van der Waals surface area contributed by atoms with E-state index < -0.39 is 0 Å². The summed E-state index contributed by atoms with van der Waals surface area (Å²) >= 11 is 3.46. The second kappa shape index (κ2) is 7.41. The van der Waals surface area contributed by atoms with Gasteiger partial charge >= 0.3 is 0 Å². The van der Waals surface area contributed by atoms with Crippen LogP contribution in [-0.2, 0) is 4.79 Å². The normalized spacial score (nSPS) is 12.0. The van der Waals surface area contributed by atoms with E-state index in [1.165, 1.54) is 5.56 Å². The summed E-state index contributed by atoms with van der Waals surface area (Å²) in [6.45, 7) is 6.48. The zero-order valence-corrected chi connectivity index (χ0v) is 12.8. The minimum absolute atomic E-state index is 0.0318. The fraction of sp³-hybridized carbons (Fsp3) is 0.500. The van der Waals surface area contributed by atoms with Crippen LogP contribution >= 0.6 is 15.9 Å². The van der Waals surface area contributed by atoms with E-state index in [1.807, 2.05) is 32.0 Å². The number of carbonyl (C=O) groups is 1. The highest BCUT2D eigenvalue weighted by molar-refractivity contribution is 9.10. The first-order valence-electron chi connectivity index (χ1n) is 6.32. The van der Waals surface area contributed by atoms with Gasteiger partial charge in [0, 0.05) is 16.2 Å². The Morgan fingerprint density at radius 3 is 2.83 bits per heavy atom. The van der Waals surface area contributed by atoms with Crippen LogP contribution in [0.2, 0.25) is 0 Å². The number of nitrogens with one attached hydrogen (secondary N) is 2. The molecule has 0 bridgehead atoms. The summed E-state index contributed by atoms with van der Waals surface area (Å²) in [5.74, 6) is 0.0318. The molecule has 0 spiro atoms. The number of amides is 1.